The molecule has 4 rings (SSSR count). The van der Waals surface area contributed by atoms with Gasteiger partial charge < -0.3 is 0 Å². The molecule has 1 N–H and O–H groups in total. The fourth-order valence-electron chi connectivity index (χ4n) is 3.33. The van der Waals surface area contributed by atoms with Gasteiger partial charge in [0.15, 0.2) is 5.13 Å². The summed E-state index contributed by atoms with van der Waals surface area (Å²) in [6, 6.07) is 4.88. The van der Waals surface area contributed by atoms with Crippen molar-refractivity contribution in [1.29, 1.82) is 0 Å². The summed E-state index contributed by atoms with van der Waals surface area (Å²) in [5.74, 6) is -0.259. The van der Waals surface area contributed by atoms with Gasteiger partial charge in [-0.15, -0.1) is 0 Å². The Morgan fingerprint density at radius 3 is 2.72 bits per heavy atom. The van der Waals surface area contributed by atoms with Crippen molar-refractivity contribution in [2.45, 2.75) is 37.5 Å². The van der Waals surface area contributed by atoms with Crippen LogP contribution in [0, 0.1) is 0 Å². The second-order valence-corrected chi connectivity index (χ2v) is 10.2. The van der Waals surface area contributed by atoms with Gasteiger partial charge in [0, 0.05) is 19.3 Å². The highest BCUT2D eigenvalue weighted by atomic mass is 32.2. The molecule has 0 bridgehead atoms. The first-order valence-electron chi connectivity index (χ1n) is 9.38. The van der Waals surface area contributed by atoms with Gasteiger partial charge in [-0.05, 0) is 37.0 Å². The zero-order valence-electron chi connectivity index (χ0n) is 16.1. The summed E-state index contributed by atoms with van der Waals surface area (Å²) in [6.07, 6.45) is 4.69. The third-order valence-electron chi connectivity index (χ3n) is 4.82. The molecule has 1 aliphatic heterocycles. The number of nitrogens with zero attached hydrogens (tertiary/aromatic N) is 4. The molecule has 0 spiro atoms. The highest BCUT2D eigenvalue weighted by Crippen LogP contribution is 2.30. The Labute approximate surface area is 173 Å². The van der Waals surface area contributed by atoms with E-state index < -0.39 is 10.0 Å². The van der Waals surface area contributed by atoms with Gasteiger partial charge in [-0.2, -0.15) is 4.31 Å². The molecular weight excluding hydrogens is 410 g/mol. The van der Waals surface area contributed by atoms with Gasteiger partial charge in [0.05, 0.1) is 26.4 Å². The van der Waals surface area contributed by atoms with E-state index in [2.05, 4.69) is 20.3 Å². The molecule has 1 saturated heterocycles. The molecule has 2 aromatic heterocycles. The molecule has 8 nitrogen and oxygen atoms in total. The molecule has 1 aromatic carbocycles. The van der Waals surface area contributed by atoms with Crippen LogP contribution in [0.25, 0.3) is 10.2 Å². The first-order valence-corrected chi connectivity index (χ1v) is 11.6. The summed E-state index contributed by atoms with van der Waals surface area (Å²) in [7, 11) is -3.49. The number of nitrogens with one attached hydrogen (secondary N) is 1. The van der Waals surface area contributed by atoms with E-state index in [1.54, 1.807) is 18.2 Å². The standard InChI is InChI=1S/C19H21N5O3S2/c1-12(2)17-14(10-20-11-21-17)18(25)23-19-22-15-6-5-13(9-16(15)28-19)29(26,27)24-7-3-4-8-24/h5-6,9-12H,3-4,7-8H2,1-2H3,(H,22,23,25). The van der Waals surface area contributed by atoms with E-state index in [0.717, 1.165) is 12.8 Å². The molecular formula is C19H21N5O3S2. The molecule has 152 valence electrons. The normalized spacial score (nSPS) is 15.3. The summed E-state index contributed by atoms with van der Waals surface area (Å²) in [6.45, 7) is 5.03. The van der Waals surface area contributed by atoms with Crippen LogP contribution in [0.15, 0.2) is 35.6 Å². The lowest BCUT2D eigenvalue weighted by Crippen LogP contribution is -2.27. The number of thiazole rings is 1. The lowest BCUT2D eigenvalue weighted by molar-refractivity contribution is 0.102. The Morgan fingerprint density at radius 1 is 1.24 bits per heavy atom. The second-order valence-electron chi connectivity index (χ2n) is 7.19. The minimum atomic E-state index is -3.49. The maximum absolute atomic E-state index is 12.8. The van der Waals surface area contributed by atoms with Crippen molar-refractivity contribution in [3.8, 4) is 0 Å². The zero-order valence-corrected chi connectivity index (χ0v) is 17.8. The lowest BCUT2D eigenvalue weighted by Gasteiger charge is -2.15. The van der Waals surface area contributed by atoms with Crippen molar-refractivity contribution in [2.75, 3.05) is 18.4 Å². The zero-order chi connectivity index (χ0) is 20.6. The van der Waals surface area contributed by atoms with Crippen LogP contribution in [0.5, 0.6) is 0 Å². The molecule has 1 amide bonds. The maximum atomic E-state index is 12.8. The van der Waals surface area contributed by atoms with E-state index in [4.69, 9.17) is 0 Å². The Hall–Kier alpha value is -2.43. The van der Waals surface area contributed by atoms with E-state index in [1.165, 1.54) is 28.2 Å². The van der Waals surface area contributed by atoms with E-state index in [0.29, 0.717) is 39.7 Å². The largest absolute Gasteiger partial charge is 0.298 e. The van der Waals surface area contributed by atoms with Crippen molar-refractivity contribution in [3.63, 3.8) is 0 Å². The van der Waals surface area contributed by atoms with E-state index >= 15 is 0 Å². The third-order valence-corrected chi connectivity index (χ3v) is 7.65. The molecule has 1 aliphatic rings. The van der Waals surface area contributed by atoms with Crippen LogP contribution in [0.4, 0.5) is 5.13 Å². The van der Waals surface area contributed by atoms with E-state index in [-0.39, 0.29) is 16.7 Å². The van der Waals surface area contributed by atoms with Gasteiger partial charge in [0.25, 0.3) is 5.91 Å². The number of fused-ring (bicyclic) bond motifs is 1. The number of aromatic nitrogens is 3. The van der Waals surface area contributed by atoms with Crippen LogP contribution in [0.3, 0.4) is 0 Å². The highest BCUT2D eigenvalue weighted by molar-refractivity contribution is 7.89. The number of rotatable bonds is 5. The number of carbonyl (C=O) groups excluding carboxylic acids is 1. The molecule has 3 aromatic rings. The first kappa shape index (κ1) is 19.9. The molecule has 0 aliphatic carbocycles. The monoisotopic (exact) mass is 431 g/mol. The number of anilines is 1. The lowest BCUT2D eigenvalue weighted by atomic mass is 10.1. The molecule has 0 atom stereocenters. The maximum Gasteiger partial charge on any atom is 0.260 e. The second kappa shape index (κ2) is 7.77. The summed E-state index contributed by atoms with van der Waals surface area (Å²) >= 11 is 1.24. The first-order chi connectivity index (χ1) is 13.9. The average molecular weight is 432 g/mol. The third kappa shape index (κ3) is 3.87. The van der Waals surface area contributed by atoms with E-state index in [9.17, 15) is 13.2 Å². The highest BCUT2D eigenvalue weighted by Gasteiger charge is 2.27. The van der Waals surface area contributed by atoms with Gasteiger partial charge in [0.1, 0.15) is 6.33 Å². The van der Waals surface area contributed by atoms with Gasteiger partial charge in [-0.25, -0.2) is 23.4 Å². The van der Waals surface area contributed by atoms with Crippen LogP contribution in [0.2, 0.25) is 0 Å². The SMILES string of the molecule is CC(C)c1ncncc1C(=O)Nc1nc2ccc(S(=O)(=O)N3CCCC3)cc2s1. The molecule has 0 radical (unpaired) electrons. The molecule has 0 saturated carbocycles. The molecule has 0 unspecified atom stereocenters. The average Bonchev–Trinajstić information content (AvgIpc) is 3.37. The summed E-state index contributed by atoms with van der Waals surface area (Å²) in [4.78, 5) is 25.5. The van der Waals surface area contributed by atoms with Crippen LogP contribution >= 0.6 is 11.3 Å². The summed E-state index contributed by atoms with van der Waals surface area (Å²) in [5.41, 5.74) is 1.70. The quantitative estimate of drug-likeness (QED) is 0.665. The van der Waals surface area contributed by atoms with Crippen LogP contribution < -0.4 is 5.32 Å². The molecule has 29 heavy (non-hydrogen) atoms. The van der Waals surface area contributed by atoms with Gasteiger partial charge in [-0.3, -0.25) is 10.1 Å². The Morgan fingerprint density at radius 2 is 2.00 bits per heavy atom. The number of hydrogen-bond donors (Lipinski definition) is 1. The van der Waals surface area contributed by atoms with Crippen LogP contribution in [-0.4, -0.2) is 46.7 Å². The smallest absolute Gasteiger partial charge is 0.260 e. The fraction of sp³-hybridized carbons (Fsp3) is 0.368. The molecule has 1 fully saturated rings. The van der Waals surface area contributed by atoms with Crippen LogP contribution in [-0.2, 0) is 10.0 Å². The predicted octanol–water partition coefficient (Wildman–Crippen LogP) is 3.25. The fourth-order valence-corrected chi connectivity index (χ4v) is 5.85. The van der Waals surface area contributed by atoms with Crippen molar-refractivity contribution >= 4 is 42.6 Å². The van der Waals surface area contributed by atoms with Gasteiger partial charge in [-0.1, -0.05) is 25.2 Å². The van der Waals surface area contributed by atoms with E-state index in [1.807, 2.05) is 13.8 Å². The van der Waals surface area contributed by atoms with Gasteiger partial charge in [0.2, 0.25) is 10.0 Å². The Balaban J connectivity index is 1.61. The van der Waals surface area contributed by atoms with Gasteiger partial charge >= 0.3 is 0 Å². The predicted molar refractivity (Wildman–Crippen MR) is 112 cm³/mol. The van der Waals surface area contributed by atoms with Crippen molar-refractivity contribution in [1.82, 2.24) is 19.3 Å². The summed E-state index contributed by atoms with van der Waals surface area (Å²) in [5, 5.41) is 3.19. The number of hydrogen-bond acceptors (Lipinski definition) is 7. The minimum absolute atomic E-state index is 0.0764. The topological polar surface area (TPSA) is 105 Å². The number of carbonyl (C=O) groups is 1. The number of benzene rings is 1. The number of amides is 1. The Kier molecular flexibility index (Phi) is 5.32. The molecule has 3 heterocycles. The summed E-state index contributed by atoms with van der Waals surface area (Å²) < 4.78 is 27.8. The van der Waals surface area contributed by atoms with Crippen molar-refractivity contribution in [2.24, 2.45) is 0 Å². The van der Waals surface area contributed by atoms with Crippen LogP contribution in [0.1, 0.15) is 48.7 Å². The number of sulfonamides is 1. The van der Waals surface area contributed by atoms with Crippen molar-refractivity contribution < 1.29 is 13.2 Å². The minimum Gasteiger partial charge on any atom is -0.298 e. The van der Waals surface area contributed by atoms with Crippen molar-refractivity contribution in [3.05, 3.63) is 42.0 Å². The molecule has 10 heteroatoms. The Bertz CT molecular complexity index is 1170.